The number of fused-ring (bicyclic) bond motifs is 1. The van der Waals surface area contributed by atoms with Crippen LogP contribution >= 0.6 is 0 Å². The van der Waals surface area contributed by atoms with Crippen molar-refractivity contribution < 1.29 is 13.9 Å². The lowest BCUT2D eigenvalue weighted by atomic mass is 9.95. The van der Waals surface area contributed by atoms with E-state index in [2.05, 4.69) is 23.1 Å². The number of esters is 1. The molecule has 160 valence electrons. The van der Waals surface area contributed by atoms with Gasteiger partial charge in [0.15, 0.2) is 0 Å². The number of hydrogen-bond donors (Lipinski definition) is 1. The number of benzene rings is 3. The molecule has 1 heterocycles. The zero-order chi connectivity index (χ0) is 22.0. The summed E-state index contributed by atoms with van der Waals surface area (Å²) >= 11 is 0. The predicted molar refractivity (Wildman–Crippen MR) is 122 cm³/mol. The van der Waals surface area contributed by atoms with E-state index in [1.807, 2.05) is 30.3 Å². The summed E-state index contributed by atoms with van der Waals surface area (Å²) in [6.07, 6.45) is 0.881. The van der Waals surface area contributed by atoms with Crippen molar-refractivity contribution in [2.75, 3.05) is 18.1 Å². The summed E-state index contributed by atoms with van der Waals surface area (Å²) in [5.41, 5.74) is 9.80. The Kier molecular flexibility index (Phi) is 5.79. The van der Waals surface area contributed by atoms with Crippen molar-refractivity contribution in [3.8, 4) is 11.1 Å². The summed E-state index contributed by atoms with van der Waals surface area (Å²) in [5.74, 6) is -1.01. The number of hydrogen-bond acceptors (Lipinski definition) is 4. The third kappa shape index (κ3) is 4.62. The highest BCUT2D eigenvalue weighted by Crippen LogP contribution is 2.41. The van der Waals surface area contributed by atoms with E-state index >= 15 is 4.39 Å². The van der Waals surface area contributed by atoms with E-state index in [-0.39, 0.29) is 17.7 Å². The van der Waals surface area contributed by atoms with Gasteiger partial charge in [-0.1, -0.05) is 54.6 Å². The van der Waals surface area contributed by atoms with E-state index in [1.54, 1.807) is 19.9 Å². The highest BCUT2D eigenvalue weighted by atomic mass is 19.1. The number of nitrogens with two attached hydrogens (primary N) is 1. The van der Waals surface area contributed by atoms with E-state index in [9.17, 15) is 4.79 Å². The molecular formula is C26H27FN2O2. The molecule has 3 aromatic rings. The van der Waals surface area contributed by atoms with Gasteiger partial charge < -0.3 is 15.4 Å². The smallest absolute Gasteiger partial charge is 0.338 e. The molecule has 0 aromatic heterocycles. The number of anilines is 1. The fourth-order valence-corrected chi connectivity index (χ4v) is 3.99. The number of carbonyl (C=O) groups is 1. The maximum atomic E-state index is 15.1. The van der Waals surface area contributed by atoms with Crippen LogP contribution in [0.2, 0.25) is 0 Å². The molecule has 0 radical (unpaired) electrons. The van der Waals surface area contributed by atoms with Crippen LogP contribution in [0.5, 0.6) is 0 Å². The minimum absolute atomic E-state index is 0.0504. The topological polar surface area (TPSA) is 55.6 Å². The molecule has 0 atom stereocenters. The first-order valence-electron chi connectivity index (χ1n) is 10.5. The molecule has 0 amide bonds. The van der Waals surface area contributed by atoms with Crippen LogP contribution in [-0.2, 0) is 17.7 Å². The maximum Gasteiger partial charge on any atom is 0.338 e. The summed E-state index contributed by atoms with van der Waals surface area (Å²) in [6.45, 7) is 5.17. The summed E-state index contributed by atoms with van der Waals surface area (Å²) in [6, 6.07) is 20.6. The van der Waals surface area contributed by atoms with Crippen LogP contribution < -0.4 is 10.6 Å². The Morgan fingerprint density at radius 3 is 2.55 bits per heavy atom. The SMILES string of the molecule is CC(C)(N)COC(=O)c1cccc(F)c1-c1cccc2c1N(Cc1ccccc1)CC2. The van der Waals surface area contributed by atoms with Gasteiger partial charge in [0.2, 0.25) is 0 Å². The quantitative estimate of drug-likeness (QED) is 0.576. The standard InChI is InChI=1S/C26H27FN2O2/c1-26(2,28)17-31-25(30)21-12-7-13-22(27)23(21)20-11-6-10-19-14-15-29(24(19)20)16-18-8-4-3-5-9-18/h3-13H,14-17,28H2,1-2H3. The van der Waals surface area contributed by atoms with Crippen molar-refractivity contribution >= 4 is 11.7 Å². The average molecular weight is 419 g/mol. The molecule has 0 unspecified atom stereocenters. The minimum Gasteiger partial charge on any atom is -0.460 e. The van der Waals surface area contributed by atoms with Crippen molar-refractivity contribution in [2.24, 2.45) is 5.73 Å². The molecule has 0 fully saturated rings. The minimum atomic E-state index is -0.663. The Balaban J connectivity index is 1.75. The van der Waals surface area contributed by atoms with E-state index in [1.165, 1.54) is 17.7 Å². The normalized spacial score (nSPS) is 13.2. The molecule has 0 aliphatic carbocycles. The van der Waals surface area contributed by atoms with Crippen molar-refractivity contribution in [1.29, 1.82) is 0 Å². The van der Waals surface area contributed by atoms with E-state index < -0.39 is 17.3 Å². The maximum absolute atomic E-state index is 15.1. The van der Waals surface area contributed by atoms with Gasteiger partial charge in [-0.15, -0.1) is 0 Å². The van der Waals surface area contributed by atoms with Gasteiger partial charge in [0, 0.05) is 35.4 Å². The zero-order valence-electron chi connectivity index (χ0n) is 17.9. The second-order valence-electron chi connectivity index (χ2n) is 8.70. The predicted octanol–water partition coefficient (Wildman–Crippen LogP) is 4.95. The van der Waals surface area contributed by atoms with Gasteiger partial charge in [-0.3, -0.25) is 0 Å². The van der Waals surface area contributed by atoms with Crippen molar-refractivity contribution in [3.05, 3.63) is 89.2 Å². The fourth-order valence-electron chi connectivity index (χ4n) is 3.99. The second-order valence-corrected chi connectivity index (χ2v) is 8.70. The van der Waals surface area contributed by atoms with Gasteiger partial charge in [-0.05, 0) is 43.5 Å². The molecule has 0 saturated heterocycles. The lowest BCUT2D eigenvalue weighted by Gasteiger charge is -2.24. The third-order valence-electron chi connectivity index (χ3n) is 5.38. The Bertz CT molecular complexity index is 1090. The Labute approximate surface area is 182 Å². The third-order valence-corrected chi connectivity index (χ3v) is 5.38. The van der Waals surface area contributed by atoms with Crippen LogP contribution in [0.25, 0.3) is 11.1 Å². The largest absolute Gasteiger partial charge is 0.460 e. The second kappa shape index (κ2) is 8.52. The van der Waals surface area contributed by atoms with Crippen LogP contribution in [-0.4, -0.2) is 24.7 Å². The summed E-state index contributed by atoms with van der Waals surface area (Å²) in [4.78, 5) is 15.1. The molecule has 0 bridgehead atoms. The van der Waals surface area contributed by atoms with Crippen LogP contribution in [0, 0.1) is 5.82 Å². The molecule has 0 spiro atoms. The van der Waals surface area contributed by atoms with Gasteiger partial charge in [-0.25, -0.2) is 9.18 Å². The molecule has 0 saturated carbocycles. The molecule has 1 aliphatic rings. The number of ether oxygens (including phenoxy) is 1. The molecule has 2 N–H and O–H groups in total. The molecule has 1 aliphatic heterocycles. The highest BCUT2D eigenvalue weighted by molar-refractivity contribution is 6.00. The zero-order valence-corrected chi connectivity index (χ0v) is 17.9. The molecule has 4 rings (SSSR count). The highest BCUT2D eigenvalue weighted by Gasteiger charge is 2.27. The number of carbonyl (C=O) groups excluding carboxylic acids is 1. The molecule has 3 aromatic carbocycles. The molecule has 4 nitrogen and oxygen atoms in total. The molecule has 31 heavy (non-hydrogen) atoms. The lowest BCUT2D eigenvalue weighted by Crippen LogP contribution is -2.38. The van der Waals surface area contributed by atoms with Crippen LogP contribution in [0.3, 0.4) is 0 Å². The van der Waals surface area contributed by atoms with Gasteiger partial charge in [0.1, 0.15) is 12.4 Å². The van der Waals surface area contributed by atoms with Crippen molar-refractivity contribution in [2.45, 2.75) is 32.4 Å². The monoisotopic (exact) mass is 418 g/mol. The van der Waals surface area contributed by atoms with Gasteiger partial charge in [0.05, 0.1) is 5.56 Å². The van der Waals surface area contributed by atoms with E-state index in [0.717, 1.165) is 30.8 Å². The number of rotatable bonds is 6. The van der Waals surface area contributed by atoms with E-state index in [4.69, 9.17) is 10.5 Å². The van der Waals surface area contributed by atoms with Crippen molar-refractivity contribution in [1.82, 2.24) is 0 Å². The summed E-state index contributed by atoms with van der Waals surface area (Å²) in [5, 5.41) is 0. The number of halogens is 1. The van der Waals surface area contributed by atoms with Crippen molar-refractivity contribution in [3.63, 3.8) is 0 Å². The first-order chi connectivity index (χ1) is 14.8. The molecular weight excluding hydrogens is 391 g/mol. The van der Waals surface area contributed by atoms with Gasteiger partial charge in [0.25, 0.3) is 0 Å². The lowest BCUT2D eigenvalue weighted by molar-refractivity contribution is 0.0433. The first kappa shape index (κ1) is 21.1. The summed E-state index contributed by atoms with van der Waals surface area (Å²) < 4.78 is 20.5. The fraction of sp³-hybridized carbons (Fsp3) is 0.269. The first-order valence-corrected chi connectivity index (χ1v) is 10.5. The van der Waals surface area contributed by atoms with Gasteiger partial charge in [-0.2, -0.15) is 0 Å². The van der Waals surface area contributed by atoms with E-state index in [0.29, 0.717) is 5.56 Å². The van der Waals surface area contributed by atoms with Crippen LogP contribution in [0.15, 0.2) is 66.7 Å². The molecule has 5 heteroatoms. The number of para-hydroxylation sites is 1. The van der Waals surface area contributed by atoms with Gasteiger partial charge >= 0.3 is 5.97 Å². The Hall–Kier alpha value is -3.18. The van der Waals surface area contributed by atoms with Crippen LogP contribution in [0.4, 0.5) is 10.1 Å². The average Bonchev–Trinajstić information content (AvgIpc) is 3.15. The van der Waals surface area contributed by atoms with Crippen LogP contribution in [0.1, 0.15) is 35.3 Å². The summed E-state index contributed by atoms with van der Waals surface area (Å²) in [7, 11) is 0. The Morgan fingerprint density at radius 1 is 1.06 bits per heavy atom. The number of nitrogens with zero attached hydrogens (tertiary/aromatic N) is 1. The Morgan fingerprint density at radius 2 is 1.81 bits per heavy atom.